The first-order valence-electron chi connectivity index (χ1n) is 7.56. The van der Waals surface area contributed by atoms with E-state index in [1.807, 2.05) is 13.0 Å². The Bertz CT molecular complexity index is 610. The highest BCUT2D eigenvalue weighted by Gasteiger charge is 2.16. The van der Waals surface area contributed by atoms with E-state index in [4.69, 9.17) is 0 Å². The Labute approximate surface area is 133 Å². The number of nitrogens with one attached hydrogen (secondary N) is 2. The maximum Gasteiger partial charge on any atom is 0.240 e. The molecule has 0 fully saturated rings. The topological polar surface area (TPSA) is 75.3 Å². The molecule has 5 nitrogen and oxygen atoms in total. The van der Waals surface area contributed by atoms with Crippen LogP contribution in [0.3, 0.4) is 0 Å². The van der Waals surface area contributed by atoms with Gasteiger partial charge in [-0.05, 0) is 37.8 Å². The number of carbonyl (C=O) groups excluding carboxylic acids is 1. The lowest BCUT2D eigenvalue weighted by molar-refractivity contribution is -0.120. The van der Waals surface area contributed by atoms with Crippen LogP contribution in [0.25, 0.3) is 0 Å². The number of amides is 1. The van der Waals surface area contributed by atoms with Gasteiger partial charge in [0, 0.05) is 19.5 Å². The number of benzene rings is 1. The second kappa shape index (κ2) is 8.29. The summed E-state index contributed by atoms with van der Waals surface area (Å²) in [5, 5.41) is 2.79. The molecule has 2 N–H and O–H groups in total. The molecule has 1 aromatic rings. The average molecular weight is 326 g/mol. The molecule has 1 amide bonds. The highest BCUT2D eigenvalue weighted by Crippen LogP contribution is 2.16. The van der Waals surface area contributed by atoms with E-state index < -0.39 is 10.0 Å². The van der Waals surface area contributed by atoms with E-state index in [1.54, 1.807) is 19.1 Å². The van der Waals surface area contributed by atoms with Crippen molar-refractivity contribution >= 4 is 15.9 Å². The third-order valence-electron chi connectivity index (χ3n) is 3.31. The maximum absolute atomic E-state index is 12.2. The van der Waals surface area contributed by atoms with Crippen LogP contribution < -0.4 is 10.0 Å². The van der Waals surface area contributed by atoms with E-state index in [9.17, 15) is 13.2 Å². The van der Waals surface area contributed by atoms with Crippen LogP contribution in [0.15, 0.2) is 23.1 Å². The normalized spacial score (nSPS) is 11.7. The molecule has 1 rings (SSSR count). The summed E-state index contributed by atoms with van der Waals surface area (Å²) in [7, 11) is -3.57. The van der Waals surface area contributed by atoms with Crippen LogP contribution in [0.1, 0.15) is 37.8 Å². The van der Waals surface area contributed by atoms with Crippen molar-refractivity contribution in [2.75, 3.05) is 13.1 Å². The molecule has 0 aliphatic heterocycles. The molecule has 0 spiro atoms. The molecule has 22 heavy (non-hydrogen) atoms. The average Bonchev–Trinajstić information content (AvgIpc) is 2.37. The molecule has 0 saturated carbocycles. The first kappa shape index (κ1) is 18.6. The number of hydrogen-bond acceptors (Lipinski definition) is 3. The van der Waals surface area contributed by atoms with Gasteiger partial charge in [0.05, 0.1) is 4.90 Å². The smallest absolute Gasteiger partial charge is 0.240 e. The SMILES string of the molecule is Cc1ccc(S(=O)(=O)NCCC(=O)NCCC(C)C)c(C)c1. The Morgan fingerprint density at radius 1 is 1.18 bits per heavy atom. The largest absolute Gasteiger partial charge is 0.356 e. The van der Waals surface area contributed by atoms with Gasteiger partial charge in [0.15, 0.2) is 0 Å². The van der Waals surface area contributed by atoms with Crippen molar-refractivity contribution in [1.29, 1.82) is 0 Å². The highest BCUT2D eigenvalue weighted by molar-refractivity contribution is 7.89. The third-order valence-corrected chi connectivity index (χ3v) is 4.93. The first-order chi connectivity index (χ1) is 10.2. The van der Waals surface area contributed by atoms with Gasteiger partial charge < -0.3 is 5.32 Å². The summed E-state index contributed by atoms with van der Waals surface area (Å²) >= 11 is 0. The molecule has 0 aliphatic carbocycles. The van der Waals surface area contributed by atoms with E-state index >= 15 is 0 Å². The summed E-state index contributed by atoms with van der Waals surface area (Å²) < 4.78 is 26.9. The molecular weight excluding hydrogens is 300 g/mol. The molecule has 1 aromatic carbocycles. The maximum atomic E-state index is 12.2. The van der Waals surface area contributed by atoms with Crippen molar-refractivity contribution in [1.82, 2.24) is 10.0 Å². The molecule has 0 unspecified atom stereocenters. The van der Waals surface area contributed by atoms with Gasteiger partial charge in [0.25, 0.3) is 0 Å². The van der Waals surface area contributed by atoms with Crippen molar-refractivity contribution in [2.45, 2.75) is 45.4 Å². The zero-order valence-electron chi connectivity index (χ0n) is 13.8. The van der Waals surface area contributed by atoms with E-state index in [2.05, 4.69) is 23.9 Å². The Balaban J connectivity index is 2.48. The Morgan fingerprint density at radius 2 is 1.86 bits per heavy atom. The first-order valence-corrected chi connectivity index (χ1v) is 9.04. The number of sulfonamides is 1. The molecule has 0 radical (unpaired) electrons. The van der Waals surface area contributed by atoms with E-state index in [1.165, 1.54) is 0 Å². The Morgan fingerprint density at radius 3 is 2.45 bits per heavy atom. The van der Waals surface area contributed by atoms with E-state index in [-0.39, 0.29) is 23.8 Å². The van der Waals surface area contributed by atoms with Gasteiger partial charge in [-0.3, -0.25) is 4.79 Å². The molecule has 0 bridgehead atoms. The number of rotatable bonds is 8. The fourth-order valence-electron chi connectivity index (χ4n) is 2.07. The number of aryl methyl sites for hydroxylation is 2. The third kappa shape index (κ3) is 6.15. The van der Waals surface area contributed by atoms with Crippen molar-refractivity contribution in [3.8, 4) is 0 Å². The van der Waals surface area contributed by atoms with Crippen molar-refractivity contribution in [3.63, 3.8) is 0 Å². The minimum atomic E-state index is -3.57. The lowest BCUT2D eigenvalue weighted by atomic mass is 10.1. The summed E-state index contributed by atoms with van der Waals surface area (Å²) in [5.41, 5.74) is 1.72. The molecule has 0 aromatic heterocycles. The molecular formula is C16H26N2O3S. The van der Waals surface area contributed by atoms with E-state index in [0.717, 1.165) is 12.0 Å². The monoisotopic (exact) mass is 326 g/mol. The Kier molecular flexibility index (Phi) is 7.03. The highest BCUT2D eigenvalue weighted by atomic mass is 32.2. The van der Waals surface area contributed by atoms with Gasteiger partial charge in [-0.15, -0.1) is 0 Å². The van der Waals surface area contributed by atoms with Crippen LogP contribution in [-0.2, 0) is 14.8 Å². The molecule has 124 valence electrons. The van der Waals surface area contributed by atoms with Gasteiger partial charge in [0.2, 0.25) is 15.9 Å². The van der Waals surface area contributed by atoms with Gasteiger partial charge in [-0.1, -0.05) is 31.5 Å². The van der Waals surface area contributed by atoms with Crippen molar-refractivity contribution < 1.29 is 13.2 Å². The zero-order chi connectivity index (χ0) is 16.8. The summed E-state index contributed by atoms with van der Waals surface area (Å²) in [4.78, 5) is 11.9. The van der Waals surface area contributed by atoms with Gasteiger partial charge in [-0.25, -0.2) is 13.1 Å². The molecule has 0 saturated heterocycles. The summed E-state index contributed by atoms with van der Waals surface area (Å²) in [5.74, 6) is 0.396. The minimum Gasteiger partial charge on any atom is -0.356 e. The lowest BCUT2D eigenvalue weighted by Gasteiger charge is -2.10. The number of carbonyl (C=O) groups is 1. The van der Waals surface area contributed by atoms with Crippen LogP contribution >= 0.6 is 0 Å². The van der Waals surface area contributed by atoms with Crippen LogP contribution in [0.2, 0.25) is 0 Å². The summed E-state index contributed by atoms with van der Waals surface area (Å²) in [6.45, 7) is 8.58. The number of hydrogen-bond donors (Lipinski definition) is 2. The zero-order valence-corrected chi connectivity index (χ0v) is 14.6. The van der Waals surface area contributed by atoms with Gasteiger partial charge >= 0.3 is 0 Å². The predicted octanol–water partition coefficient (Wildman–Crippen LogP) is 2.13. The summed E-state index contributed by atoms with van der Waals surface area (Å²) in [6.07, 6.45) is 1.06. The summed E-state index contributed by atoms with van der Waals surface area (Å²) in [6, 6.07) is 5.18. The van der Waals surface area contributed by atoms with E-state index in [0.29, 0.717) is 18.0 Å². The second-order valence-corrected chi connectivity index (χ2v) is 7.68. The fraction of sp³-hybridized carbons (Fsp3) is 0.562. The Hall–Kier alpha value is -1.40. The van der Waals surface area contributed by atoms with Gasteiger partial charge in [-0.2, -0.15) is 0 Å². The predicted molar refractivity (Wildman–Crippen MR) is 88.2 cm³/mol. The lowest BCUT2D eigenvalue weighted by Crippen LogP contribution is -2.31. The molecule has 0 heterocycles. The molecule has 6 heteroatoms. The van der Waals surface area contributed by atoms with Gasteiger partial charge in [0.1, 0.15) is 0 Å². The molecule has 0 atom stereocenters. The fourth-order valence-corrected chi connectivity index (χ4v) is 3.32. The van der Waals surface area contributed by atoms with Crippen molar-refractivity contribution in [2.24, 2.45) is 5.92 Å². The second-order valence-electron chi connectivity index (χ2n) is 5.95. The van der Waals surface area contributed by atoms with Crippen molar-refractivity contribution in [3.05, 3.63) is 29.3 Å². The minimum absolute atomic E-state index is 0.100. The standard InChI is InChI=1S/C16H26N2O3S/c1-12(2)7-9-17-16(19)8-10-18-22(20,21)15-6-5-13(3)11-14(15)4/h5-6,11-12,18H,7-10H2,1-4H3,(H,17,19). The molecule has 0 aliphatic rings. The van der Waals surface area contributed by atoms with Crippen LogP contribution in [-0.4, -0.2) is 27.4 Å². The van der Waals surface area contributed by atoms with Crippen LogP contribution in [0.5, 0.6) is 0 Å². The van der Waals surface area contributed by atoms with Crippen LogP contribution in [0, 0.1) is 19.8 Å². The quantitative estimate of drug-likeness (QED) is 0.768. The van der Waals surface area contributed by atoms with Crippen LogP contribution in [0.4, 0.5) is 0 Å².